The molecule has 0 spiro atoms. The molecule has 1 aromatic heterocycles. The Hall–Kier alpha value is -4.10. The number of benzene rings is 3. The standard InChI is InChI=1S/C27H20ClNO6/c1-29-21-12-17(34-2)8-5-15(21)11-20(27(29)33)19-13-23(30)35-22-10-9-18(26(32)24(19)22)25(31)14-3-6-16(28)7-4-14/h3-12,19,32H,13H2,1-2H3/t19-/m0/s1. The van der Waals surface area contributed by atoms with Crippen molar-refractivity contribution in [3.8, 4) is 17.2 Å². The van der Waals surface area contributed by atoms with Crippen LogP contribution in [-0.4, -0.2) is 28.5 Å². The highest BCUT2D eigenvalue weighted by Crippen LogP contribution is 2.45. The summed E-state index contributed by atoms with van der Waals surface area (Å²) < 4.78 is 12.1. The summed E-state index contributed by atoms with van der Waals surface area (Å²) in [7, 11) is 3.18. The molecule has 1 aliphatic rings. The SMILES string of the molecule is COc1ccc2cc([C@@H]3CC(=O)Oc4ccc(C(=O)c5ccc(Cl)cc5)c(O)c43)c(=O)n(C)c2c1. The Morgan fingerprint density at radius 2 is 1.83 bits per heavy atom. The van der Waals surface area contributed by atoms with Crippen LogP contribution in [0.25, 0.3) is 10.9 Å². The largest absolute Gasteiger partial charge is 0.507 e. The van der Waals surface area contributed by atoms with Gasteiger partial charge in [-0.1, -0.05) is 11.6 Å². The van der Waals surface area contributed by atoms with Gasteiger partial charge in [0.1, 0.15) is 17.2 Å². The maximum Gasteiger partial charge on any atom is 0.312 e. The predicted octanol–water partition coefficient (Wildman–Crippen LogP) is 4.58. The fourth-order valence-corrected chi connectivity index (χ4v) is 4.62. The first-order valence-electron chi connectivity index (χ1n) is 10.8. The third-order valence-electron chi connectivity index (χ3n) is 6.31. The number of halogens is 1. The number of hydrogen-bond acceptors (Lipinski definition) is 6. The fraction of sp³-hybridized carbons (Fsp3) is 0.148. The third kappa shape index (κ3) is 3.84. The first-order valence-corrected chi connectivity index (χ1v) is 11.2. The van der Waals surface area contributed by atoms with Crippen LogP contribution in [-0.2, 0) is 11.8 Å². The van der Waals surface area contributed by atoms with Crippen molar-refractivity contribution in [2.75, 3.05) is 7.11 Å². The van der Waals surface area contributed by atoms with Gasteiger partial charge < -0.3 is 19.1 Å². The first-order chi connectivity index (χ1) is 16.8. The predicted molar refractivity (Wildman–Crippen MR) is 131 cm³/mol. The Balaban J connectivity index is 1.68. The van der Waals surface area contributed by atoms with E-state index in [9.17, 15) is 19.5 Å². The number of carbonyl (C=O) groups is 2. The molecule has 0 bridgehead atoms. The van der Waals surface area contributed by atoms with E-state index in [1.165, 1.54) is 16.7 Å². The Morgan fingerprint density at radius 1 is 1.09 bits per heavy atom. The Labute approximate surface area is 205 Å². The highest BCUT2D eigenvalue weighted by molar-refractivity contribution is 6.30. The van der Waals surface area contributed by atoms with Crippen molar-refractivity contribution in [1.82, 2.24) is 4.57 Å². The second-order valence-corrected chi connectivity index (χ2v) is 8.77. The smallest absolute Gasteiger partial charge is 0.312 e. The molecule has 7 nitrogen and oxygen atoms in total. The summed E-state index contributed by atoms with van der Waals surface area (Å²) in [4.78, 5) is 39.0. The van der Waals surface area contributed by atoms with Gasteiger partial charge in [0.2, 0.25) is 0 Å². The van der Waals surface area contributed by atoms with Crippen molar-refractivity contribution in [2.45, 2.75) is 12.3 Å². The summed E-state index contributed by atoms with van der Waals surface area (Å²) in [6, 6.07) is 16.2. The van der Waals surface area contributed by atoms with Gasteiger partial charge in [-0.15, -0.1) is 0 Å². The molecule has 4 aromatic rings. The van der Waals surface area contributed by atoms with E-state index in [4.69, 9.17) is 21.1 Å². The molecule has 35 heavy (non-hydrogen) atoms. The second kappa shape index (κ2) is 8.60. The van der Waals surface area contributed by atoms with Crippen molar-refractivity contribution in [1.29, 1.82) is 0 Å². The lowest BCUT2D eigenvalue weighted by molar-refractivity contribution is -0.135. The molecular formula is C27H20ClNO6. The molecule has 0 fully saturated rings. The highest BCUT2D eigenvalue weighted by Gasteiger charge is 2.35. The zero-order valence-electron chi connectivity index (χ0n) is 18.9. The van der Waals surface area contributed by atoms with Gasteiger partial charge in [-0.2, -0.15) is 0 Å². The van der Waals surface area contributed by atoms with Crippen LogP contribution >= 0.6 is 11.6 Å². The lowest BCUT2D eigenvalue weighted by Gasteiger charge is -2.26. The number of pyridine rings is 1. The van der Waals surface area contributed by atoms with Crippen LogP contribution in [0.15, 0.2) is 65.5 Å². The molecule has 3 aromatic carbocycles. The lowest BCUT2D eigenvalue weighted by atomic mass is 9.84. The number of carbonyl (C=O) groups excluding carboxylic acids is 2. The molecule has 0 amide bonds. The van der Waals surface area contributed by atoms with E-state index in [-0.39, 0.29) is 34.6 Å². The summed E-state index contributed by atoms with van der Waals surface area (Å²) >= 11 is 5.93. The number of aromatic hydroxyl groups is 1. The van der Waals surface area contributed by atoms with Crippen LogP contribution in [0.5, 0.6) is 17.2 Å². The summed E-state index contributed by atoms with van der Waals surface area (Å²) in [5.41, 5.74) is 1.25. The molecule has 0 unspecified atom stereocenters. The maximum atomic E-state index is 13.4. The van der Waals surface area contributed by atoms with Crippen LogP contribution in [0.1, 0.15) is 39.4 Å². The van der Waals surface area contributed by atoms with E-state index >= 15 is 0 Å². The van der Waals surface area contributed by atoms with E-state index in [1.807, 2.05) is 6.07 Å². The summed E-state index contributed by atoms with van der Waals surface area (Å²) in [6.45, 7) is 0. The number of phenols is 1. The van der Waals surface area contributed by atoms with Crippen molar-refractivity contribution < 1.29 is 24.2 Å². The molecule has 0 aliphatic carbocycles. The minimum Gasteiger partial charge on any atom is -0.507 e. The molecule has 2 heterocycles. The van der Waals surface area contributed by atoms with Crippen LogP contribution in [0, 0.1) is 0 Å². The van der Waals surface area contributed by atoms with Crippen LogP contribution in [0.3, 0.4) is 0 Å². The molecule has 1 atom stereocenters. The lowest BCUT2D eigenvalue weighted by Crippen LogP contribution is -2.29. The number of phenolic OH excluding ortho intramolecular Hbond substituents is 1. The average Bonchev–Trinajstić information content (AvgIpc) is 2.85. The van der Waals surface area contributed by atoms with Gasteiger partial charge >= 0.3 is 5.97 Å². The quantitative estimate of drug-likeness (QED) is 0.256. The van der Waals surface area contributed by atoms with Crippen LogP contribution < -0.4 is 15.0 Å². The zero-order valence-corrected chi connectivity index (χ0v) is 19.6. The molecule has 1 aliphatic heterocycles. The topological polar surface area (TPSA) is 94.8 Å². The summed E-state index contributed by atoms with van der Waals surface area (Å²) in [6.07, 6.45) is -0.157. The van der Waals surface area contributed by atoms with Crippen molar-refractivity contribution in [3.63, 3.8) is 0 Å². The van der Waals surface area contributed by atoms with Crippen molar-refractivity contribution in [3.05, 3.63) is 98.3 Å². The van der Waals surface area contributed by atoms with E-state index < -0.39 is 17.7 Å². The number of aryl methyl sites for hydroxylation is 1. The highest BCUT2D eigenvalue weighted by atomic mass is 35.5. The number of esters is 1. The molecule has 8 heteroatoms. The zero-order chi connectivity index (χ0) is 24.9. The Kier molecular flexibility index (Phi) is 5.57. The molecule has 176 valence electrons. The third-order valence-corrected chi connectivity index (χ3v) is 6.56. The van der Waals surface area contributed by atoms with E-state index in [2.05, 4.69) is 0 Å². The Morgan fingerprint density at radius 3 is 2.54 bits per heavy atom. The van der Waals surface area contributed by atoms with Gasteiger partial charge in [0.05, 0.1) is 24.6 Å². The molecule has 0 radical (unpaired) electrons. The molecule has 1 N–H and O–H groups in total. The maximum absolute atomic E-state index is 13.4. The minimum atomic E-state index is -0.797. The number of ketones is 1. The number of hydrogen-bond donors (Lipinski definition) is 1. The van der Waals surface area contributed by atoms with E-state index in [1.54, 1.807) is 56.6 Å². The number of ether oxygens (including phenoxy) is 2. The second-order valence-electron chi connectivity index (χ2n) is 8.33. The van der Waals surface area contributed by atoms with Gasteiger partial charge in [0, 0.05) is 40.7 Å². The number of fused-ring (bicyclic) bond motifs is 2. The number of rotatable bonds is 4. The number of nitrogens with zero attached hydrogens (tertiary/aromatic N) is 1. The molecule has 5 rings (SSSR count). The normalized spacial score (nSPS) is 14.9. The Bertz CT molecular complexity index is 1570. The molecule has 0 saturated heterocycles. The number of aromatic nitrogens is 1. The van der Waals surface area contributed by atoms with E-state index in [0.717, 1.165) is 5.39 Å². The first kappa shape index (κ1) is 22.7. The van der Waals surface area contributed by atoms with Crippen LogP contribution in [0.4, 0.5) is 0 Å². The van der Waals surface area contributed by atoms with Crippen LogP contribution in [0.2, 0.25) is 5.02 Å². The number of methoxy groups -OCH3 is 1. The fourth-order valence-electron chi connectivity index (χ4n) is 4.50. The monoisotopic (exact) mass is 489 g/mol. The van der Waals surface area contributed by atoms with Gasteiger partial charge in [0.15, 0.2) is 5.78 Å². The molecular weight excluding hydrogens is 470 g/mol. The van der Waals surface area contributed by atoms with Gasteiger partial charge in [0.25, 0.3) is 5.56 Å². The molecule has 0 saturated carbocycles. The summed E-state index contributed by atoms with van der Waals surface area (Å²) in [5.74, 6) is -1.35. The average molecular weight is 490 g/mol. The van der Waals surface area contributed by atoms with Gasteiger partial charge in [-0.3, -0.25) is 14.4 Å². The van der Waals surface area contributed by atoms with Crippen molar-refractivity contribution >= 4 is 34.3 Å². The minimum absolute atomic E-state index is 0.0383. The summed E-state index contributed by atoms with van der Waals surface area (Å²) in [5, 5.41) is 12.5. The van der Waals surface area contributed by atoms with Gasteiger partial charge in [-0.05, 0) is 60.0 Å². The van der Waals surface area contributed by atoms with E-state index in [0.29, 0.717) is 27.4 Å². The van der Waals surface area contributed by atoms with Gasteiger partial charge in [-0.25, -0.2) is 0 Å². The van der Waals surface area contributed by atoms with Crippen molar-refractivity contribution in [2.24, 2.45) is 7.05 Å².